The van der Waals surface area contributed by atoms with Crippen molar-refractivity contribution in [2.45, 2.75) is 51.0 Å². The number of likely N-dealkylation sites (N-methyl/N-ethyl adjacent to an activating group) is 1. The first-order chi connectivity index (χ1) is 12.7. The van der Waals surface area contributed by atoms with Crippen molar-refractivity contribution >= 4 is 17.3 Å². The smallest absolute Gasteiger partial charge is 0.222 e. The molecule has 0 radical (unpaired) electrons. The summed E-state index contributed by atoms with van der Waals surface area (Å²) in [6, 6.07) is 0. The van der Waals surface area contributed by atoms with Crippen molar-refractivity contribution in [3.05, 3.63) is 17.0 Å². The molecule has 5 rings (SSSR count). The van der Waals surface area contributed by atoms with Gasteiger partial charge in [0, 0.05) is 43.1 Å². The van der Waals surface area contributed by atoms with Gasteiger partial charge in [0.25, 0.3) is 0 Å². The second-order valence-electron chi connectivity index (χ2n) is 8.26. The quantitative estimate of drug-likeness (QED) is 0.835. The van der Waals surface area contributed by atoms with Crippen LogP contribution in [-0.2, 0) is 11.2 Å². The Morgan fingerprint density at radius 2 is 1.88 bits per heavy atom. The fourth-order valence-electron chi connectivity index (χ4n) is 5.22. The van der Waals surface area contributed by atoms with Gasteiger partial charge in [0.15, 0.2) is 0 Å². The summed E-state index contributed by atoms with van der Waals surface area (Å²) in [5.41, 5.74) is 9.94. The van der Waals surface area contributed by atoms with Gasteiger partial charge in [0.05, 0.1) is 5.69 Å². The molecule has 2 atom stereocenters. The number of nitrogens with zero attached hydrogens (tertiary/aromatic N) is 4. The third-order valence-electron chi connectivity index (χ3n) is 6.55. The van der Waals surface area contributed by atoms with E-state index in [1.807, 2.05) is 0 Å². The van der Waals surface area contributed by atoms with Crippen molar-refractivity contribution in [3.63, 3.8) is 0 Å². The highest BCUT2D eigenvalue weighted by Crippen LogP contribution is 2.50. The van der Waals surface area contributed by atoms with Gasteiger partial charge in [0.2, 0.25) is 5.95 Å². The van der Waals surface area contributed by atoms with Crippen LogP contribution in [0.25, 0.3) is 5.57 Å². The zero-order chi connectivity index (χ0) is 17.7. The first-order valence-corrected chi connectivity index (χ1v) is 10.2. The lowest BCUT2D eigenvalue weighted by molar-refractivity contribution is 0.0793. The first kappa shape index (κ1) is 16.4. The lowest BCUT2D eigenvalue weighted by Gasteiger charge is -2.29. The summed E-state index contributed by atoms with van der Waals surface area (Å²) in [5.74, 6) is 3.18. The van der Waals surface area contributed by atoms with Gasteiger partial charge in [-0.3, -0.25) is 0 Å². The van der Waals surface area contributed by atoms with Crippen LogP contribution in [0.1, 0.15) is 49.8 Å². The maximum absolute atomic E-state index is 6.34. The monoisotopic (exact) mass is 355 g/mol. The minimum Gasteiger partial charge on any atom is -0.494 e. The van der Waals surface area contributed by atoms with Crippen LogP contribution in [0.2, 0.25) is 0 Å². The molecule has 0 bridgehead atoms. The number of ether oxygens (including phenoxy) is 1. The van der Waals surface area contributed by atoms with Gasteiger partial charge in [-0.2, -0.15) is 4.98 Å². The van der Waals surface area contributed by atoms with Gasteiger partial charge < -0.3 is 20.3 Å². The van der Waals surface area contributed by atoms with E-state index in [4.69, 9.17) is 20.4 Å². The molecule has 6 nitrogen and oxygen atoms in total. The lowest BCUT2D eigenvalue weighted by Crippen LogP contribution is -2.31. The third kappa shape index (κ3) is 2.66. The minimum atomic E-state index is 0.367. The average Bonchev–Trinajstić information content (AvgIpc) is 2.89. The number of nitrogens with two attached hydrogens (primary N) is 1. The molecule has 2 N–H and O–H groups in total. The van der Waals surface area contributed by atoms with E-state index in [9.17, 15) is 0 Å². The van der Waals surface area contributed by atoms with E-state index < -0.39 is 0 Å². The summed E-state index contributed by atoms with van der Waals surface area (Å²) >= 11 is 0. The van der Waals surface area contributed by atoms with Gasteiger partial charge in [-0.15, -0.1) is 0 Å². The zero-order valence-corrected chi connectivity index (χ0v) is 15.7. The summed E-state index contributed by atoms with van der Waals surface area (Å²) < 4.78 is 6.34. The number of aromatic nitrogens is 2. The first-order valence-electron chi connectivity index (χ1n) is 10.2. The second-order valence-corrected chi connectivity index (χ2v) is 8.26. The molecule has 4 aliphatic rings. The average molecular weight is 355 g/mol. The van der Waals surface area contributed by atoms with Gasteiger partial charge in [-0.1, -0.05) is 6.42 Å². The van der Waals surface area contributed by atoms with Crippen molar-refractivity contribution in [2.75, 3.05) is 43.9 Å². The molecular formula is C20H29N5O. The molecule has 140 valence electrons. The highest BCUT2D eigenvalue weighted by atomic mass is 16.5. The van der Waals surface area contributed by atoms with Crippen molar-refractivity contribution in [3.8, 4) is 0 Å². The van der Waals surface area contributed by atoms with E-state index in [0.717, 1.165) is 57.0 Å². The lowest BCUT2D eigenvalue weighted by atomic mass is 9.78. The Morgan fingerprint density at radius 3 is 2.81 bits per heavy atom. The van der Waals surface area contributed by atoms with Crippen LogP contribution in [0.4, 0.5) is 11.8 Å². The summed E-state index contributed by atoms with van der Waals surface area (Å²) in [6.07, 6.45) is 8.47. The van der Waals surface area contributed by atoms with E-state index in [0.29, 0.717) is 18.0 Å². The summed E-state index contributed by atoms with van der Waals surface area (Å²) in [6.45, 7) is 4.27. The van der Waals surface area contributed by atoms with E-state index in [-0.39, 0.29) is 0 Å². The Kier molecular flexibility index (Phi) is 4.03. The van der Waals surface area contributed by atoms with Crippen LogP contribution in [0.3, 0.4) is 0 Å². The van der Waals surface area contributed by atoms with Gasteiger partial charge in [-0.05, 0) is 45.7 Å². The predicted octanol–water partition coefficient (Wildman–Crippen LogP) is 2.45. The van der Waals surface area contributed by atoms with Crippen molar-refractivity contribution in [1.29, 1.82) is 0 Å². The van der Waals surface area contributed by atoms with Crippen molar-refractivity contribution < 1.29 is 4.74 Å². The standard InChI is InChI=1S/C20H29N5O/c1-24-9-4-10-25(12-11-24)19-14-7-8-16-17(18(14)22-20(21)23-19)13-5-2-3-6-15(13)26-16/h13,15H,2-12H2,1H3,(H2,21,22,23). The van der Waals surface area contributed by atoms with Crippen LogP contribution in [-0.4, -0.2) is 54.2 Å². The van der Waals surface area contributed by atoms with E-state index >= 15 is 0 Å². The van der Waals surface area contributed by atoms with Gasteiger partial charge in [-0.25, -0.2) is 4.98 Å². The van der Waals surface area contributed by atoms with E-state index in [2.05, 4.69) is 16.8 Å². The Bertz CT molecular complexity index is 746. The number of rotatable bonds is 1. The molecular weight excluding hydrogens is 326 g/mol. The third-order valence-corrected chi connectivity index (χ3v) is 6.55. The molecule has 1 saturated carbocycles. The van der Waals surface area contributed by atoms with Crippen LogP contribution >= 0.6 is 0 Å². The molecule has 26 heavy (non-hydrogen) atoms. The molecule has 0 amide bonds. The van der Waals surface area contributed by atoms with Crippen LogP contribution < -0.4 is 10.6 Å². The molecule has 2 aliphatic heterocycles. The largest absolute Gasteiger partial charge is 0.494 e. The summed E-state index contributed by atoms with van der Waals surface area (Å²) in [5, 5.41) is 0. The molecule has 0 aromatic carbocycles. The van der Waals surface area contributed by atoms with Crippen LogP contribution in [0, 0.1) is 5.92 Å². The second kappa shape index (κ2) is 6.41. The minimum absolute atomic E-state index is 0.367. The zero-order valence-electron chi connectivity index (χ0n) is 15.7. The Labute approximate surface area is 155 Å². The van der Waals surface area contributed by atoms with E-state index in [1.54, 1.807) is 0 Å². The summed E-state index contributed by atoms with van der Waals surface area (Å²) in [7, 11) is 2.20. The Hall–Kier alpha value is -1.82. The maximum Gasteiger partial charge on any atom is 0.222 e. The normalized spacial score (nSPS) is 28.9. The molecule has 2 unspecified atom stereocenters. The number of allylic oxidation sites excluding steroid dienone is 1. The maximum atomic E-state index is 6.34. The topological polar surface area (TPSA) is 67.5 Å². The van der Waals surface area contributed by atoms with Gasteiger partial charge >= 0.3 is 0 Å². The van der Waals surface area contributed by atoms with Crippen molar-refractivity contribution in [1.82, 2.24) is 14.9 Å². The number of nitrogen functional groups attached to an aromatic ring is 1. The van der Waals surface area contributed by atoms with Crippen LogP contribution in [0.15, 0.2) is 5.76 Å². The van der Waals surface area contributed by atoms with E-state index in [1.165, 1.54) is 42.6 Å². The number of hydrogen-bond donors (Lipinski definition) is 1. The molecule has 3 heterocycles. The molecule has 1 saturated heterocycles. The number of fused-ring (bicyclic) bond motifs is 4. The van der Waals surface area contributed by atoms with Crippen LogP contribution in [0.5, 0.6) is 0 Å². The van der Waals surface area contributed by atoms with Crippen molar-refractivity contribution in [2.24, 2.45) is 5.92 Å². The number of anilines is 2. The molecule has 2 aliphatic carbocycles. The predicted molar refractivity (Wildman–Crippen MR) is 103 cm³/mol. The molecule has 0 spiro atoms. The molecule has 1 aromatic rings. The summed E-state index contributed by atoms with van der Waals surface area (Å²) in [4.78, 5) is 14.3. The molecule has 1 aromatic heterocycles. The number of hydrogen-bond acceptors (Lipinski definition) is 6. The highest BCUT2D eigenvalue weighted by molar-refractivity contribution is 5.77. The molecule has 6 heteroatoms. The SMILES string of the molecule is CN1CCCN(c2nc(N)nc3c2CCC2=C3C3CCCCC3O2)CC1. The fraction of sp³-hybridized carbons (Fsp3) is 0.700. The fourth-order valence-corrected chi connectivity index (χ4v) is 5.22. The van der Waals surface area contributed by atoms with Gasteiger partial charge in [0.1, 0.15) is 17.7 Å². The molecule has 2 fully saturated rings. The Balaban J connectivity index is 1.55. The Morgan fingerprint density at radius 1 is 1.00 bits per heavy atom. The highest BCUT2D eigenvalue weighted by Gasteiger charge is 2.42.